The molecule has 0 unspecified atom stereocenters. The molecule has 0 aliphatic carbocycles. The second-order valence-corrected chi connectivity index (χ2v) is 8.70. The third-order valence-corrected chi connectivity index (χ3v) is 6.28. The van der Waals surface area contributed by atoms with Crippen molar-refractivity contribution in [3.05, 3.63) is 65.2 Å². The van der Waals surface area contributed by atoms with Crippen LogP contribution in [0.15, 0.2) is 52.9 Å². The van der Waals surface area contributed by atoms with E-state index in [4.69, 9.17) is 0 Å². The number of ether oxygens (including phenoxy) is 1. The minimum Gasteiger partial charge on any atom is -0.465 e. The van der Waals surface area contributed by atoms with Crippen LogP contribution in [0.1, 0.15) is 26.3 Å². The van der Waals surface area contributed by atoms with Crippen LogP contribution in [0, 0.1) is 6.92 Å². The van der Waals surface area contributed by atoms with Crippen LogP contribution in [0.2, 0.25) is 0 Å². The minimum absolute atomic E-state index is 0.0536. The highest BCUT2D eigenvalue weighted by molar-refractivity contribution is 7.94. The van der Waals surface area contributed by atoms with Crippen LogP contribution in [0.4, 0.5) is 10.8 Å². The number of rotatable bonds is 6. The van der Waals surface area contributed by atoms with Crippen molar-refractivity contribution in [3.8, 4) is 0 Å². The molecule has 2 aromatic carbocycles. The zero-order chi connectivity index (χ0) is 21.0. The number of benzene rings is 2. The van der Waals surface area contributed by atoms with E-state index in [9.17, 15) is 18.0 Å². The van der Waals surface area contributed by atoms with E-state index in [1.807, 2.05) is 13.0 Å². The molecule has 0 aliphatic rings. The Kier molecular flexibility index (Phi) is 5.89. The Bertz CT molecular complexity index is 1160. The number of anilines is 2. The Morgan fingerprint density at radius 3 is 2.41 bits per heavy atom. The minimum atomic E-state index is -4.01. The highest BCUT2D eigenvalue weighted by Crippen LogP contribution is 2.23. The number of methoxy groups -OCH3 is 1. The Morgan fingerprint density at radius 2 is 1.76 bits per heavy atom. The maximum absolute atomic E-state index is 12.5. The SMILES string of the molecule is COC(=O)c1ccc(NS(=O)(=O)c2nnc(NC(=O)c3cccc(C)c3)s2)cc1. The normalized spacial score (nSPS) is 11.0. The van der Waals surface area contributed by atoms with Crippen LogP contribution in [0.25, 0.3) is 0 Å². The summed E-state index contributed by atoms with van der Waals surface area (Å²) in [5, 5.41) is 9.94. The lowest BCUT2D eigenvalue weighted by Gasteiger charge is -2.05. The maximum atomic E-state index is 12.5. The molecule has 2 N–H and O–H groups in total. The molecule has 1 amide bonds. The lowest BCUT2D eigenvalue weighted by Crippen LogP contribution is -2.13. The summed E-state index contributed by atoms with van der Waals surface area (Å²) in [6, 6.07) is 12.6. The van der Waals surface area contributed by atoms with Crippen molar-refractivity contribution in [2.45, 2.75) is 11.3 Å². The third kappa shape index (κ3) is 4.95. The maximum Gasteiger partial charge on any atom is 0.337 e. The van der Waals surface area contributed by atoms with Crippen molar-refractivity contribution in [2.75, 3.05) is 17.1 Å². The van der Waals surface area contributed by atoms with Gasteiger partial charge in [-0.05, 0) is 43.3 Å². The fraction of sp³-hybridized carbons (Fsp3) is 0.111. The van der Waals surface area contributed by atoms with E-state index < -0.39 is 21.9 Å². The second-order valence-electron chi connectivity index (χ2n) is 5.87. The monoisotopic (exact) mass is 432 g/mol. The number of carbonyl (C=O) groups is 2. The molecule has 11 heteroatoms. The lowest BCUT2D eigenvalue weighted by atomic mass is 10.1. The summed E-state index contributed by atoms with van der Waals surface area (Å²) in [5.74, 6) is -0.947. The quantitative estimate of drug-likeness (QED) is 0.453. The van der Waals surface area contributed by atoms with Crippen molar-refractivity contribution in [1.29, 1.82) is 0 Å². The molecule has 150 valence electrons. The zero-order valence-corrected chi connectivity index (χ0v) is 17.0. The fourth-order valence-corrected chi connectivity index (χ4v) is 4.27. The molecule has 0 fully saturated rings. The third-order valence-electron chi connectivity index (χ3n) is 3.70. The van der Waals surface area contributed by atoms with Gasteiger partial charge in [-0.25, -0.2) is 4.79 Å². The molecule has 0 bridgehead atoms. The number of sulfonamides is 1. The molecule has 0 saturated heterocycles. The van der Waals surface area contributed by atoms with Gasteiger partial charge in [-0.1, -0.05) is 29.0 Å². The first-order chi connectivity index (χ1) is 13.8. The van der Waals surface area contributed by atoms with Gasteiger partial charge in [0, 0.05) is 11.3 Å². The van der Waals surface area contributed by atoms with E-state index in [-0.39, 0.29) is 20.7 Å². The number of nitrogens with zero attached hydrogens (tertiary/aromatic N) is 2. The van der Waals surface area contributed by atoms with E-state index in [2.05, 4.69) is 25.0 Å². The van der Waals surface area contributed by atoms with Crippen molar-refractivity contribution in [1.82, 2.24) is 10.2 Å². The number of aryl methyl sites for hydroxylation is 1. The molecule has 0 atom stereocenters. The Morgan fingerprint density at radius 1 is 1.03 bits per heavy atom. The van der Waals surface area contributed by atoms with Gasteiger partial charge in [0.1, 0.15) is 0 Å². The average molecular weight is 432 g/mol. The van der Waals surface area contributed by atoms with E-state index in [0.717, 1.165) is 16.9 Å². The first-order valence-corrected chi connectivity index (χ1v) is 10.5. The fourth-order valence-electron chi connectivity index (χ4n) is 2.32. The summed E-state index contributed by atoms with van der Waals surface area (Å²) in [5.41, 5.74) is 1.86. The predicted molar refractivity (Wildman–Crippen MR) is 108 cm³/mol. The molecule has 3 rings (SSSR count). The molecule has 0 aliphatic heterocycles. The van der Waals surface area contributed by atoms with Crippen LogP contribution >= 0.6 is 11.3 Å². The smallest absolute Gasteiger partial charge is 0.337 e. The van der Waals surface area contributed by atoms with Gasteiger partial charge in [-0.3, -0.25) is 14.8 Å². The highest BCUT2D eigenvalue weighted by Gasteiger charge is 2.21. The molecule has 29 heavy (non-hydrogen) atoms. The number of hydrogen-bond donors (Lipinski definition) is 2. The van der Waals surface area contributed by atoms with Gasteiger partial charge in [0.05, 0.1) is 12.7 Å². The van der Waals surface area contributed by atoms with Crippen LogP contribution < -0.4 is 10.0 Å². The molecule has 3 aromatic rings. The number of amides is 1. The molecule has 0 saturated carbocycles. The van der Waals surface area contributed by atoms with E-state index >= 15 is 0 Å². The number of hydrogen-bond acceptors (Lipinski definition) is 8. The van der Waals surface area contributed by atoms with Crippen LogP contribution in [0.5, 0.6) is 0 Å². The van der Waals surface area contributed by atoms with Crippen LogP contribution in [-0.2, 0) is 14.8 Å². The summed E-state index contributed by atoms with van der Waals surface area (Å²) >= 11 is 0.719. The summed E-state index contributed by atoms with van der Waals surface area (Å²) in [6.07, 6.45) is 0. The van der Waals surface area contributed by atoms with Gasteiger partial charge in [0.25, 0.3) is 20.3 Å². The van der Waals surface area contributed by atoms with Crippen molar-refractivity contribution < 1.29 is 22.7 Å². The Labute approximate surface area is 170 Å². The van der Waals surface area contributed by atoms with E-state index in [0.29, 0.717) is 5.56 Å². The lowest BCUT2D eigenvalue weighted by molar-refractivity contribution is 0.0600. The number of carbonyl (C=O) groups excluding carboxylic acids is 2. The van der Waals surface area contributed by atoms with Gasteiger partial charge < -0.3 is 4.74 Å². The van der Waals surface area contributed by atoms with Crippen LogP contribution in [-0.4, -0.2) is 37.6 Å². The summed E-state index contributed by atoms with van der Waals surface area (Å²) < 4.78 is 31.6. The second kappa shape index (κ2) is 8.37. The topological polar surface area (TPSA) is 127 Å². The predicted octanol–water partition coefficient (Wildman–Crippen LogP) is 2.69. The number of aromatic nitrogens is 2. The standard InChI is InChI=1S/C18H16N4O5S2/c1-11-4-3-5-13(10-11)15(23)19-17-20-21-18(28-17)29(25,26)22-14-8-6-12(7-9-14)16(24)27-2/h3-10,22H,1-2H3,(H,19,20,23). The van der Waals surface area contributed by atoms with Gasteiger partial charge in [0.2, 0.25) is 5.13 Å². The van der Waals surface area contributed by atoms with Crippen molar-refractivity contribution in [3.63, 3.8) is 0 Å². The first-order valence-electron chi connectivity index (χ1n) is 8.21. The Balaban J connectivity index is 1.71. The van der Waals surface area contributed by atoms with Gasteiger partial charge in [-0.15, -0.1) is 10.2 Å². The van der Waals surface area contributed by atoms with Crippen molar-refractivity contribution >= 4 is 44.1 Å². The van der Waals surface area contributed by atoms with Crippen LogP contribution in [0.3, 0.4) is 0 Å². The Hall–Kier alpha value is -3.31. The van der Waals surface area contributed by atoms with Gasteiger partial charge >= 0.3 is 5.97 Å². The number of nitrogens with one attached hydrogen (secondary N) is 2. The molecule has 1 aromatic heterocycles. The average Bonchev–Trinajstić information content (AvgIpc) is 3.17. The number of esters is 1. The molecular weight excluding hydrogens is 416 g/mol. The van der Waals surface area contributed by atoms with E-state index in [1.54, 1.807) is 18.2 Å². The zero-order valence-electron chi connectivity index (χ0n) is 15.4. The van der Waals surface area contributed by atoms with Gasteiger partial charge in [-0.2, -0.15) is 8.42 Å². The molecular formula is C18H16N4O5S2. The summed E-state index contributed by atoms with van der Waals surface area (Å²) in [7, 11) is -2.76. The molecule has 9 nitrogen and oxygen atoms in total. The van der Waals surface area contributed by atoms with E-state index in [1.165, 1.54) is 31.4 Å². The largest absolute Gasteiger partial charge is 0.465 e. The molecule has 0 radical (unpaired) electrons. The molecule has 0 spiro atoms. The first kappa shape index (κ1) is 20.4. The van der Waals surface area contributed by atoms with Crippen molar-refractivity contribution in [2.24, 2.45) is 0 Å². The summed E-state index contributed by atoms with van der Waals surface area (Å²) in [6.45, 7) is 1.86. The highest BCUT2D eigenvalue weighted by atomic mass is 32.2. The molecule has 1 heterocycles. The summed E-state index contributed by atoms with van der Waals surface area (Å²) in [4.78, 5) is 23.7. The van der Waals surface area contributed by atoms with Gasteiger partial charge in [0.15, 0.2) is 0 Å².